The van der Waals surface area contributed by atoms with Crippen LogP contribution in [0.25, 0.3) is 0 Å². The first-order chi connectivity index (χ1) is 20.9. The van der Waals surface area contributed by atoms with Gasteiger partial charge in [-0.05, 0) is 83.5 Å². The molecule has 1 saturated heterocycles. The van der Waals surface area contributed by atoms with E-state index in [-0.39, 0.29) is 18.5 Å². The minimum absolute atomic E-state index is 0.0330. The molecule has 0 bridgehead atoms. The summed E-state index contributed by atoms with van der Waals surface area (Å²) >= 11 is 0. The van der Waals surface area contributed by atoms with Gasteiger partial charge < -0.3 is 35.9 Å². The number of aliphatic carboxylic acids is 1. The SMILES string of the molecule is CCO[C@@H](CC1CCC(OCCN2C3CCCCC3OC3CCCCC32)CC1)C(O)ONC(CCCN=C(N)N)C(=O)O. The Bertz CT molecular complexity index is 832. The Hall–Kier alpha value is -1.54. The average molecular weight is 612 g/mol. The zero-order chi connectivity index (χ0) is 30.6. The Kier molecular flexibility index (Phi) is 14.2. The molecule has 12 nitrogen and oxygen atoms in total. The fraction of sp³-hybridized carbons (Fsp3) is 0.935. The van der Waals surface area contributed by atoms with Crippen LogP contribution in [0.4, 0.5) is 0 Å². The first-order valence-electron chi connectivity index (χ1n) is 16.9. The minimum Gasteiger partial charge on any atom is -0.480 e. The number of morpholine rings is 1. The largest absolute Gasteiger partial charge is 0.480 e. The summed E-state index contributed by atoms with van der Waals surface area (Å²) in [5.74, 6) is -0.724. The lowest BCUT2D eigenvalue weighted by Crippen LogP contribution is -2.62. The summed E-state index contributed by atoms with van der Waals surface area (Å²) in [6.07, 6.45) is 14.7. The summed E-state index contributed by atoms with van der Waals surface area (Å²) in [6.45, 7) is 4.40. The van der Waals surface area contributed by atoms with E-state index in [2.05, 4.69) is 15.4 Å². The average Bonchev–Trinajstić information content (AvgIpc) is 3.00. The van der Waals surface area contributed by atoms with Gasteiger partial charge in [-0.1, -0.05) is 25.7 Å². The number of hydrogen-bond donors (Lipinski definition) is 5. The number of hydrogen-bond acceptors (Lipinski definition) is 9. The topological polar surface area (TPSA) is 174 Å². The molecule has 0 spiro atoms. The van der Waals surface area contributed by atoms with Crippen molar-refractivity contribution in [2.45, 2.75) is 152 Å². The summed E-state index contributed by atoms with van der Waals surface area (Å²) < 4.78 is 18.9. The molecule has 248 valence electrons. The monoisotopic (exact) mass is 611 g/mol. The van der Waals surface area contributed by atoms with Gasteiger partial charge in [-0.2, -0.15) is 5.48 Å². The number of guanidine groups is 1. The maximum atomic E-state index is 11.6. The molecule has 43 heavy (non-hydrogen) atoms. The predicted octanol–water partition coefficient (Wildman–Crippen LogP) is 2.66. The van der Waals surface area contributed by atoms with E-state index in [4.69, 9.17) is 30.5 Å². The number of rotatable bonds is 17. The lowest BCUT2D eigenvalue weighted by atomic mass is 9.82. The minimum atomic E-state index is -1.28. The van der Waals surface area contributed by atoms with Crippen LogP contribution in [0.2, 0.25) is 0 Å². The third-order valence-electron chi connectivity index (χ3n) is 9.87. The molecule has 3 saturated carbocycles. The van der Waals surface area contributed by atoms with E-state index in [1.165, 1.54) is 51.4 Å². The summed E-state index contributed by atoms with van der Waals surface area (Å²) in [7, 11) is 0. The normalized spacial score (nSPS) is 31.8. The van der Waals surface area contributed by atoms with Crippen LogP contribution in [0.15, 0.2) is 4.99 Å². The number of ether oxygens (including phenoxy) is 3. The molecule has 12 heteroatoms. The second kappa shape index (κ2) is 17.8. The Labute approximate surface area is 257 Å². The third-order valence-corrected chi connectivity index (χ3v) is 9.87. The zero-order valence-electron chi connectivity index (χ0n) is 26.1. The van der Waals surface area contributed by atoms with Crippen LogP contribution in [0.5, 0.6) is 0 Å². The molecule has 0 aromatic heterocycles. The Balaban J connectivity index is 1.17. The third kappa shape index (κ3) is 10.5. The maximum absolute atomic E-state index is 11.6. The number of aliphatic hydroxyl groups is 1. The van der Waals surface area contributed by atoms with E-state index in [1.807, 2.05) is 6.92 Å². The van der Waals surface area contributed by atoms with E-state index in [0.29, 0.717) is 56.2 Å². The van der Waals surface area contributed by atoms with Crippen LogP contribution in [-0.4, -0.2) is 102 Å². The van der Waals surface area contributed by atoms with Crippen LogP contribution in [-0.2, 0) is 23.8 Å². The lowest BCUT2D eigenvalue weighted by molar-refractivity contribution is -0.220. The van der Waals surface area contributed by atoms with Crippen molar-refractivity contribution >= 4 is 11.9 Å². The maximum Gasteiger partial charge on any atom is 0.323 e. The molecule has 4 rings (SSSR count). The molecule has 1 heterocycles. The van der Waals surface area contributed by atoms with Crippen molar-refractivity contribution < 1.29 is 34.1 Å². The number of fused-ring (bicyclic) bond motifs is 2. The number of nitrogens with two attached hydrogens (primary N) is 2. The van der Waals surface area contributed by atoms with Crippen LogP contribution >= 0.6 is 0 Å². The van der Waals surface area contributed by atoms with E-state index >= 15 is 0 Å². The zero-order valence-corrected chi connectivity index (χ0v) is 26.1. The lowest BCUT2D eigenvalue weighted by Gasteiger charge is -2.53. The molecule has 1 aliphatic heterocycles. The molecule has 0 amide bonds. The highest BCUT2D eigenvalue weighted by Crippen LogP contribution is 2.39. The molecule has 3 aliphatic carbocycles. The first-order valence-corrected chi connectivity index (χ1v) is 16.9. The molecule has 7 atom stereocenters. The van der Waals surface area contributed by atoms with Crippen LogP contribution in [0, 0.1) is 5.92 Å². The first kappa shape index (κ1) is 34.3. The highest BCUT2D eigenvalue weighted by atomic mass is 16.7. The quantitative estimate of drug-likeness (QED) is 0.0538. The van der Waals surface area contributed by atoms with Gasteiger partial charge in [-0.25, -0.2) is 0 Å². The Morgan fingerprint density at radius 2 is 1.67 bits per heavy atom. The number of aliphatic imine (C=N–C) groups is 1. The van der Waals surface area contributed by atoms with Gasteiger partial charge in [-0.15, -0.1) is 0 Å². The van der Waals surface area contributed by atoms with Crippen molar-refractivity contribution in [1.82, 2.24) is 10.4 Å². The molecule has 7 N–H and O–H groups in total. The van der Waals surface area contributed by atoms with Crippen molar-refractivity contribution in [2.24, 2.45) is 22.4 Å². The van der Waals surface area contributed by atoms with Gasteiger partial charge in [0.1, 0.15) is 12.1 Å². The summed E-state index contributed by atoms with van der Waals surface area (Å²) in [5, 5.41) is 20.2. The fourth-order valence-electron chi connectivity index (χ4n) is 7.67. The molecule has 0 aromatic carbocycles. The predicted molar refractivity (Wildman–Crippen MR) is 163 cm³/mol. The highest BCUT2D eigenvalue weighted by Gasteiger charge is 2.45. The van der Waals surface area contributed by atoms with Crippen molar-refractivity contribution in [3.8, 4) is 0 Å². The van der Waals surface area contributed by atoms with Crippen molar-refractivity contribution in [3.05, 3.63) is 0 Å². The second-order valence-electron chi connectivity index (χ2n) is 12.9. The number of hydroxylamine groups is 1. The molecular weight excluding hydrogens is 554 g/mol. The summed E-state index contributed by atoms with van der Waals surface area (Å²) in [4.78, 5) is 23.6. The van der Waals surface area contributed by atoms with Gasteiger partial charge in [0.2, 0.25) is 6.29 Å². The van der Waals surface area contributed by atoms with Gasteiger partial charge in [-0.3, -0.25) is 19.5 Å². The van der Waals surface area contributed by atoms with Crippen molar-refractivity contribution in [2.75, 3.05) is 26.3 Å². The number of nitrogens with zero attached hydrogens (tertiary/aromatic N) is 2. The van der Waals surface area contributed by atoms with Gasteiger partial charge in [0.15, 0.2) is 5.96 Å². The van der Waals surface area contributed by atoms with Gasteiger partial charge in [0.25, 0.3) is 0 Å². The molecule has 6 unspecified atom stereocenters. The molecule has 0 radical (unpaired) electrons. The van der Waals surface area contributed by atoms with E-state index in [9.17, 15) is 15.0 Å². The van der Waals surface area contributed by atoms with Gasteiger partial charge in [0, 0.05) is 31.8 Å². The highest BCUT2D eigenvalue weighted by molar-refractivity contribution is 5.75. The van der Waals surface area contributed by atoms with Crippen LogP contribution in [0.1, 0.15) is 103 Å². The fourth-order valence-corrected chi connectivity index (χ4v) is 7.67. The van der Waals surface area contributed by atoms with Crippen molar-refractivity contribution in [1.29, 1.82) is 0 Å². The summed E-state index contributed by atoms with van der Waals surface area (Å²) in [6, 6.07) is 0.118. The molecular formula is C31H57N5O7. The molecule has 4 fully saturated rings. The van der Waals surface area contributed by atoms with Gasteiger partial charge in [0.05, 0.1) is 24.9 Å². The van der Waals surface area contributed by atoms with Crippen LogP contribution in [0.3, 0.4) is 0 Å². The number of carbonyl (C=O) groups is 1. The molecule has 0 aromatic rings. The second-order valence-corrected chi connectivity index (χ2v) is 12.9. The van der Waals surface area contributed by atoms with Crippen LogP contribution < -0.4 is 16.9 Å². The number of nitrogens with one attached hydrogen (secondary N) is 1. The molecule has 4 aliphatic rings. The number of aliphatic hydroxyl groups excluding tert-OH is 1. The van der Waals surface area contributed by atoms with Crippen molar-refractivity contribution in [3.63, 3.8) is 0 Å². The Morgan fingerprint density at radius 3 is 2.28 bits per heavy atom. The number of carboxylic acids is 1. The van der Waals surface area contributed by atoms with E-state index in [1.54, 1.807) is 0 Å². The van der Waals surface area contributed by atoms with E-state index < -0.39 is 24.4 Å². The summed E-state index contributed by atoms with van der Waals surface area (Å²) in [5.41, 5.74) is 13.1. The number of carboxylic acid groups (broad SMARTS) is 1. The Morgan fingerprint density at radius 1 is 1.02 bits per heavy atom. The smallest absolute Gasteiger partial charge is 0.323 e. The van der Waals surface area contributed by atoms with Gasteiger partial charge >= 0.3 is 5.97 Å². The standard InChI is InChI=1S/C31H57N5O7/c1-2-40-28(30(39)43-35-23(29(37)38)8-7-17-34-31(32)33)20-21-13-15-22(16-14-21)41-19-18-36-24-9-3-5-11-26(24)42-27-12-6-4-10-25(27)36/h21-28,30,35,39H,2-20H2,1H3,(H,37,38)(H4,32,33,34)/t21?,22?,23?,24?,25?,26?,27?,28-,30?/m0/s1. The van der Waals surface area contributed by atoms with E-state index in [0.717, 1.165) is 38.8 Å².